The highest BCUT2D eigenvalue weighted by Crippen LogP contribution is 2.20. The number of benzene rings is 1. The summed E-state index contributed by atoms with van der Waals surface area (Å²) in [7, 11) is 0. The minimum Gasteiger partial charge on any atom is -0.478 e. The number of hydrogen-bond acceptors (Lipinski definition) is 2. The number of aliphatic carboxylic acids is 1. The van der Waals surface area contributed by atoms with E-state index in [0.717, 1.165) is 12.0 Å². The van der Waals surface area contributed by atoms with Gasteiger partial charge in [-0.15, -0.1) is 0 Å². The molecule has 0 spiro atoms. The van der Waals surface area contributed by atoms with Crippen LogP contribution in [0.3, 0.4) is 0 Å². The molecule has 0 amide bonds. The summed E-state index contributed by atoms with van der Waals surface area (Å²) in [6, 6.07) is 7.18. The summed E-state index contributed by atoms with van der Waals surface area (Å²) in [6.45, 7) is 5.35. The predicted octanol–water partition coefficient (Wildman–Crippen LogP) is 1.92. The maximum Gasteiger partial charge on any atom is 0.333 e. The lowest BCUT2D eigenvalue weighted by molar-refractivity contribution is -0.133. The third kappa shape index (κ3) is 2.67. The van der Waals surface area contributed by atoms with Crippen LogP contribution in [0.25, 0.3) is 0 Å². The highest BCUT2D eigenvalue weighted by atomic mass is 16.4. The van der Waals surface area contributed by atoms with E-state index in [1.54, 1.807) is 12.1 Å². The number of rotatable bonds is 4. The van der Waals surface area contributed by atoms with Crippen LogP contribution >= 0.6 is 0 Å². The Labute approximate surface area is 88.7 Å². The van der Waals surface area contributed by atoms with Gasteiger partial charge in [-0.2, -0.15) is 0 Å². The maximum atomic E-state index is 10.6. The number of aryl methyl sites for hydroxylation is 1. The zero-order valence-corrected chi connectivity index (χ0v) is 8.60. The molecule has 0 aromatic heterocycles. The van der Waals surface area contributed by atoms with Gasteiger partial charge in [-0.1, -0.05) is 37.8 Å². The zero-order chi connectivity index (χ0) is 11.4. The van der Waals surface area contributed by atoms with E-state index in [0.29, 0.717) is 5.56 Å². The second kappa shape index (κ2) is 4.75. The first-order chi connectivity index (χ1) is 7.06. The summed E-state index contributed by atoms with van der Waals surface area (Å²) in [5.74, 6) is -1.18. The number of carboxylic acid groups (broad SMARTS) is 1. The van der Waals surface area contributed by atoms with Crippen molar-refractivity contribution in [3.8, 4) is 0 Å². The smallest absolute Gasteiger partial charge is 0.333 e. The quantitative estimate of drug-likeness (QED) is 0.740. The van der Waals surface area contributed by atoms with Crippen molar-refractivity contribution in [2.75, 3.05) is 0 Å². The van der Waals surface area contributed by atoms with Gasteiger partial charge < -0.3 is 10.2 Å². The van der Waals surface area contributed by atoms with E-state index >= 15 is 0 Å². The molecular weight excluding hydrogens is 192 g/mol. The van der Waals surface area contributed by atoms with Gasteiger partial charge in [-0.05, 0) is 17.5 Å². The van der Waals surface area contributed by atoms with Crippen LogP contribution in [0.5, 0.6) is 0 Å². The Kier molecular flexibility index (Phi) is 3.63. The molecule has 1 atom stereocenters. The molecule has 0 heterocycles. The van der Waals surface area contributed by atoms with Crippen molar-refractivity contribution in [3.05, 3.63) is 47.5 Å². The fourth-order valence-corrected chi connectivity index (χ4v) is 1.25. The summed E-state index contributed by atoms with van der Waals surface area (Å²) in [5, 5.41) is 18.3. The first kappa shape index (κ1) is 11.5. The molecule has 15 heavy (non-hydrogen) atoms. The summed E-state index contributed by atoms with van der Waals surface area (Å²) in [5.41, 5.74) is 1.49. The average Bonchev–Trinajstić information content (AvgIpc) is 2.27. The molecule has 1 aromatic carbocycles. The molecule has 1 aromatic rings. The van der Waals surface area contributed by atoms with Crippen LogP contribution in [-0.2, 0) is 11.2 Å². The maximum absolute atomic E-state index is 10.6. The summed E-state index contributed by atoms with van der Waals surface area (Å²) >= 11 is 0. The number of hydrogen-bond donors (Lipinski definition) is 2. The number of carbonyl (C=O) groups is 1. The topological polar surface area (TPSA) is 57.5 Å². The molecule has 3 nitrogen and oxygen atoms in total. The van der Waals surface area contributed by atoms with Crippen molar-refractivity contribution in [1.29, 1.82) is 0 Å². The van der Waals surface area contributed by atoms with E-state index in [1.165, 1.54) is 0 Å². The van der Waals surface area contributed by atoms with E-state index in [1.807, 2.05) is 19.1 Å². The molecular formula is C12H14O3. The standard InChI is InChI=1S/C12H14O3/c1-3-9-4-6-10(7-5-9)11(13)8(2)12(14)15/h4-7,11,13H,2-3H2,1H3,(H,14,15). The van der Waals surface area contributed by atoms with E-state index in [4.69, 9.17) is 5.11 Å². The molecule has 0 aliphatic rings. The summed E-state index contributed by atoms with van der Waals surface area (Å²) in [4.78, 5) is 10.6. The number of aliphatic hydroxyl groups excluding tert-OH is 1. The van der Waals surface area contributed by atoms with Crippen LogP contribution < -0.4 is 0 Å². The Morgan fingerprint density at radius 1 is 1.40 bits per heavy atom. The molecule has 1 unspecified atom stereocenters. The fourth-order valence-electron chi connectivity index (χ4n) is 1.25. The Morgan fingerprint density at radius 3 is 2.33 bits per heavy atom. The number of carboxylic acids is 1. The Balaban J connectivity index is 2.87. The lowest BCUT2D eigenvalue weighted by atomic mass is 10.0. The lowest BCUT2D eigenvalue weighted by Crippen LogP contribution is -2.09. The van der Waals surface area contributed by atoms with Crippen molar-refractivity contribution in [3.63, 3.8) is 0 Å². The van der Waals surface area contributed by atoms with Crippen molar-refractivity contribution in [2.24, 2.45) is 0 Å². The minimum absolute atomic E-state index is 0.209. The van der Waals surface area contributed by atoms with Gasteiger partial charge in [0, 0.05) is 0 Å². The Morgan fingerprint density at radius 2 is 1.93 bits per heavy atom. The highest BCUT2D eigenvalue weighted by Gasteiger charge is 2.16. The van der Waals surface area contributed by atoms with Gasteiger partial charge in [0.05, 0.1) is 5.57 Å². The monoisotopic (exact) mass is 206 g/mol. The molecule has 0 aliphatic carbocycles. The van der Waals surface area contributed by atoms with Crippen LogP contribution in [-0.4, -0.2) is 16.2 Å². The van der Waals surface area contributed by atoms with Crippen LogP contribution in [0, 0.1) is 0 Å². The van der Waals surface area contributed by atoms with E-state index < -0.39 is 12.1 Å². The van der Waals surface area contributed by atoms with Crippen molar-refractivity contribution in [1.82, 2.24) is 0 Å². The normalized spacial score (nSPS) is 12.1. The first-order valence-corrected chi connectivity index (χ1v) is 4.75. The largest absolute Gasteiger partial charge is 0.478 e. The number of aliphatic hydroxyl groups is 1. The Bertz CT molecular complexity index is 365. The summed E-state index contributed by atoms with van der Waals surface area (Å²) in [6.07, 6.45) is -0.218. The van der Waals surface area contributed by atoms with E-state index in [2.05, 4.69) is 6.58 Å². The zero-order valence-electron chi connectivity index (χ0n) is 8.60. The fraction of sp³-hybridized carbons (Fsp3) is 0.250. The van der Waals surface area contributed by atoms with Crippen LogP contribution in [0.4, 0.5) is 0 Å². The van der Waals surface area contributed by atoms with Gasteiger partial charge in [0.25, 0.3) is 0 Å². The molecule has 3 heteroatoms. The Hall–Kier alpha value is -1.61. The third-order valence-corrected chi connectivity index (χ3v) is 2.31. The molecule has 0 fully saturated rings. The van der Waals surface area contributed by atoms with E-state index in [-0.39, 0.29) is 5.57 Å². The molecule has 2 N–H and O–H groups in total. The van der Waals surface area contributed by atoms with Gasteiger partial charge in [0.15, 0.2) is 0 Å². The van der Waals surface area contributed by atoms with Gasteiger partial charge in [-0.25, -0.2) is 4.79 Å². The van der Waals surface area contributed by atoms with Gasteiger partial charge in [0.2, 0.25) is 0 Å². The van der Waals surface area contributed by atoms with E-state index in [9.17, 15) is 9.90 Å². The molecule has 0 radical (unpaired) electrons. The van der Waals surface area contributed by atoms with Gasteiger partial charge >= 0.3 is 5.97 Å². The van der Waals surface area contributed by atoms with Gasteiger partial charge in [-0.3, -0.25) is 0 Å². The van der Waals surface area contributed by atoms with Crippen molar-refractivity contribution < 1.29 is 15.0 Å². The minimum atomic E-state index is -1.18. The molecule has 0 saturated heterocycles. The SMILES string of the molecule is C=C(C(=O)O)C(O)c1ccc(CC)cc1. The average molecular weight is 206 g/mol. The van der Waals surface area contributed by atoms with Gasteiger partial charge in [0.1, 0.15) is 6.10 Å². The second-order valence-electron chi connectivity index (χ2n) is 3.33. The molecule has 1 rings (SSSR count). The van der Waals surface area contributed by atoms with Crippen LogP contribution in [0.15, 0.2) is 36.4 Å². The summed E-state index contributed by atoms with van der Waals surface area (Å²) < 4.78 is 0. The van der Waals surface area contributed by atoms with Crippen LogP contribution in [0.2, 0.25) is 0 Å². The predicted molar refractivity (Wildman–Crippen MR) is 57.6 cm³/mol. The van der Waals surface area contributed by atoms with Crippen molar-refractivity contribution >= 4 is 5.97 Å². The van der Waals surface area contributed by atoms with Crippen LogP contribution in [0.1, 0.15) is 24.2 Å². The molecule has 0 bridgehead atoms. The molecule has 0 aliphatic heterocycles. The third-order valence-electron chi connectivity index (χ3n) is 2.31. The lowest BCUT2D eigenvalue weighted by Gasteiger charge is -2.10. The molecule has 80 valence electrons. The highest BCUT2D eigenvalue weighted by molar-refractivity contribution is 5.87. The van der Waals surface area contributed by atoms with Crippen molar-refractivity contribution in [2.45, 2.75) is 19.4 Å². The first-order valence-electron chi connectivity index (χ1n) is 4.75. The second-order valence-corrected chi connectivity index (χ2v) is 3.33. The molecule has 0 saturated carbocycles.